The summed E-state index contributed by atoms with van der Waals surface area (Å²) in [7, 11) is 0. The van der Waals surface area contributed by atoms with Gasteiger partial charge in [0.1, 0.15) is 12.3 Å². The van der Waals surface area contributed by atoms with Crippen LogP contribution in [0, 0.1) is 0 Å². The van der Waals surface area contributed by atoms with Crippen LogP contribution >= 0.6 is 11.3 Å². The summed E-state index contributed by atoms with van der Waals surface area (Å²) in [5.41, 5.74) is 1.09. The largest absolute Gasteiger partial charge is 0.443 e. The van der Waals surface area contributed by atoms with Gasteiger partial charge < -0.3 is 20.0 Å². The van der Waals surface area contributed by atoms with E-state index in [-0.39, 0.29) is 5.41 Å². The first-order valence-electron chi connectivity index (χ1n) is 10.1. The topological polar surface area (TPSA) is 78.6 Å². The van der Waals surface area contributed by atoms with Crippen molar-refractivity contribution in [3.05, 3.63) is 28.9 Å². The van der Waals surface area contributed by atoms with Crippen LogP contribution in [0.15, 0.2) is 21.0 Å². The summed E-state index contributed by atoms with van der Waals surface area (Å²) in [6.45, 7) is 12.7. The molecule has 0 amide bonds. The number of anilines is 1. The highest BCUT2D eigenvalue weighted by Gasteiger charge is 2.19. The van der Waals surface area contributed by atoms with Gasteiger partial charge in [0.2, 0.25) is 5.89 Å². The van der Waals surface area contributed by atoms with Crippen molar-refractivity contribution in [2.45, 2.75) is 58.9 Å². The lowest BCUT2D eigenvalue weighted by Gasteiger charge is -2.13. The molecule has 0 unspecified atom stereocenters. The number of oxazole rings is 1. The van der Waals surface area contributed by atoms with Gasteiger partial charge in [0, 0.05) is 43.4 Å². The molecule has 3 rings (SSSR count). The molecule has 2 aromatic heterocycles. The molecule has 7 nitrogen and oxygen atoms in total. The van der Waals surface area contributed by atoms with Gasteiger partial charge in [-0.3, -0.25) is 0 Å². The molecule has 3 heterocycles. The number of rotatable bonds is 7. The van der Waals surface area contributed by atoms with Crippen molar-refractivity contribution in [3.63, 3.8) is 0 Å². The van der Waals surface area contributed by atoms with E-state index in [1.165, 1.54) is 12.8 Å². The molecule has 1 fully saturated rings. The standard InChI is InChI=1S/C20H32N6OS/c1-5-21-18(24-13-17-23-12-16(27-17)20(2,3)4)22-9-8-15-14-28-19(25-15)26-10-6-7-11-26/h12,14H,5-11,13H2,1-4H3,(H2,21,22,24). The molecule has 0 atom stereocenters. The number of aliphatic imine (C=N–C) groups is 1. The van der Waals surface area contributed by atoms with Crippen molar-refractivity contribution in [1.82, 2.24) is 20.6 Å². The quantitative estimate of drug-likeness (QED) is 0.544. The minimum atomic E-state index is -0.0425. The van der Waals surface area contributed by atoms with Crippen molar-refractivity contribution in [2.24, 2.45) is 4.99 Å². The molecule has 154 valence electrons. The van der Waals surface area contributed by atoms with Crippen LogP contribution in [0.4, 0.5) is 5.13 Å². The van der Waals surface area contributed by atoms with Gasteiger partial charge >= 0.3 is 0 Å². The van der Waals surface area contributed by atoms with E-state index in [9.17, 15) is 0 Å². The SMILES string of the molecule is CCNC(=NCc1ncc(C(C)(C)C)o1)NCCc1csc(N2CCCC2)n1. The highest BCUT2D eigenvalue weighted by atomic mass is 32.1. The summed E-state index contributed by atoms with van der Waals surface area (Å²) in [4.78, 5) is 16.1. The molecule has 0 bridgehead atoms. The summed E-state index contributed by atoms with van der Waals surface area (Å²) >= 11 is 1.75. The summed E-state index contributed by atoms with van der Waals surface area (Å²) < 4.78 is 5.81. The van der Waals surface area contributed by atoms with E-state index in [0.717, 1.165) is 55.1 Å². The second kappa shape index (κ2) is 9.41. The summed E-state index contributed by atoms with van der Waals surface area (Å²) in [6, 6.07) is 0. The third-order valence-electron chi connectivity index (χ3n) is 4.60. The van der Waals surface area contributed by atoms with Crippen molar-refractivity contribution < 1.29 is 4.42 Å². The van der Waals surface area contributed by atoms with Crippen molar-refractivity contribution in [3.8, 4) is 0 Å². The first-order valence-corrected chi connectivity index (χ1v) is 11.0. The fraction of sp³-hybridized carbons (Fsp3) is 0.650. The maximum absolute atomic E-state index is 5.81. The highest BCUT2D eigenvalue weighted by molar-refractivity contribution is 7.13. The van der Waals surface area contributed by atoms with Crippen LogP contribution in [0.2, 0.25) is 0 Å². The molecule has 8 heteroatoms. The Hall–Kier alpha value is -2.09. The van der Waals surface area contributed by atoms with Gasteiger partial charge in [-0.05, 0) is 19.8 Å². The van der Waals surface area contributed by atoms with Crippen LogP contribution in [-0.4, -0.2) is 42.1 Å². The average molecular weight is 405 g/mol. The van der Waals surface area contributed by atoms with E-state index < -0.39 is 0 Å². The predicted octanol–water partition coefficient (Wildman–Crippen LogP) is 3.33. The van der Waals surface area contributed by atoms with Crippen molar-refractivity contribution >= 4 is 22.4 Å². The Morgan fingerprint density at radius 3 is 2.75 bits per heavy atom. The molecular weight excluding hydrogens is 372 g/mol. The van der Waals surface area contributed by atoms with Gasteiger partial charge in [-0.15, -0.1) is 11.3 Å². The van der Waals surface area contributed by atoms with Gasteiger partial charge in [-0.25, -0.2) is 15.0 Å². The van der Waals surface area contributed by atoms with Crippen LogP contribution in [-0.2, 0) is 18.4 Å². The number of hydrogen-bond acceptors (Lipinski definition) is 6. The first kappa shape index (κ1) is 20.6. The van der Waals surface area contributed by atoms with Crippen molar-refractivity contribution in [1.29, 1.82) is 0 Å². The number of hydrogen-bond donors (Lipinski definition) is 2. The minimum absolute atomic E-state index is 0.0425. The van der Waals surface area contributed by atoms with Gasteiger partial charge in [-0.2, -0.15) is 0 Å². The monoisotopic (exact) mass is 404 g/mol. The molecule has 1 aliphatic rings. The minimum Gasteiger partial charge on any atom is -0.443 e. The zero-order chi connectivity index (χ0) is 20.0. The van der Waals surface area contributed by atoms with E-state index in [1.54, 1.807) is 17.5 Å². The predicted molar refractivity (Wildman–Crippen MR) is 115 cm³/mol. The molecule has 0 aromatic carbocycles. The summed E-state index contributed by atoms with van der Waals surface area (Å²) in [6.07, 6.45) is 5.23. The van der Waals surface area contributed by atoms with Crippen LogP contribution < -0.4 is 15.5 Å². The van der Waals surface area contributed by atoms with Crippen LogP contribution in [0.5, 0.6) is 0 Å². The summed E-state index contributed by atoms with van der Waals surface area (Å²) in [5, 5.41) is 9.97. The number of aromatic nitrogens is 2. The molecule has 2 aromatic rings. The van der Waals surface area contributed by atoms with Gasteiger partial charge in [-0.1, -0.05) is 20.8 Å². The molecule has 0 spiro atoms. The first-order chi connectivity index (χ1) is 13.5. The maximum atomic E-state index is 5.81. The maximum Gasteiger partial charge on any atom is 0.216 e. The summed E-state index contributed by atoms with van der Waals surface area (Å²) in [5.74, 6) is 2.29. The second-order valence-corrected chi connectivity index (χ2v) is 8.89. The number of thiazole rings is 1. The molecule has 0 aliphatic carbocycles. The Morgan fingerprint density at radius 1 is 1.29 bits per heavy atom. The Bertz CT molecular complexity index is 770. The van der Waals surface area contributed by atoms with E-state index in [2.05, 4.69) is 58.6 Å². The lowest BCUT2D eigenvalue weighted by molar-refractivity contribution is 0.383. The smallest absolute Gasteiger partial charge is 0.216 e. The van der Waals surface area contributed by atoms with Gasteiger partial charge in [0.25, 0.3) is 0 Å². The molecule has 1 aliphatic heterocycles. The molecule has 28 heavy (non-hydrogen) atoms. The van der Waals surface area contributed by atoms with Gasteiger partial charge in [0.05, 0.1) is 11.9 Å². The average Bonchev–Trinajstić information content (AvgIpc) is 3.39. The Kier molecular flexibility index (Phi) is 6.93. The molecular formula is C20H32N6OS. The number of nitrogens with zero attached hydrogens (tertiary/aromatic N) is 4. The van der Waals surface area contributed by atoms with E-state index in [1.807, 2.05) is 0 Å². The Morgan fingerprint density at radius 2 is 2.07 bits per heavy atom. The fourth-order valence-electron chi connectivity index (χ4n) is 2.99. The lowest BCUT2D eigenvalue weighted by atomic mass is 9.94. The zero-order valence-electron chi connectivity index (χ0n) is 17.4. The molecule has 2 N–H and O–H groups in total. The van der Waals surface area contributed by atoms with Crippen LogP contribution in [0.1, 0.15) is 57.9 Å². The third-order valence-corrected chi connectivity index (χ3v) is 5.55. The second-order valence-electron chi connectivity index (χ2n) is 8.06. The Labute approximate surface area is 171 Å². The van der Waals surface area contributed by atoms with Crippen LogP contribution in [0.25, 0.3) is 0 Å². The molecule has 0 saturated carbocycles. The molecule has 1 saturated heterocycles. The van der Waals surface area contributed by atoms with Gasteiger partial charge in [0.15, 0.2) is 11.1 Å². The van der Waals surface area contributed by atoms with E-state index in [4.69, 9.17) is 9.40 Å². The number of nitrogens with one attached hydrogen (secondary N) is 2. The lowest BCUT2D eigenvalue weighted by Crippen LogP contribution is -2.38. The highest BCUT2D eigenvalue weighted by Crippen LogP contribution is 2.24. The van der Waals surface area contributed by atoms with E-state index >= 15 is 0 Å². The van der Waals surface area contributed by atoms with Crippen LogP contribution in [0.3, 0.4) is 0 Å². The third kappa shape index (κ3) is 5.70. The van der Waals surface area contributed by atoms with Crippen molar-refractivity contribution in [2.75, 3.05) is 31.1 Å². The van der Waals surface area contributed by atoms with E-state index in [0.29, 0.717) is 12.4 Å². The Balaban J connectivity index is 1.50. The number of guanidine groups is 1. The fourth-order valence-corrected chi connectivity index (χ4v) is 3.91. The normalized spacial score (nSPS) is 15.3. The zero-order valence-corrected chi connectivity index (χ0v) is 18.2. The molecule has 0 radical (unpaired) electrons.